The molecule has 0 aromatic rings. The van der Waals surface area contributed by atoms with Crippen molar-refractivity contribution >= 4 is 8.07 Å². The van der Waals surface area contributed by atoms with Crippen LogP contribution in [0.3, 0.4) is 0 Å². The second-order valence-electron chi connectivity index (χ2n) is 5.60. The van der Waals surface area contributed by atoms with E-state index in [1.165, 1.54) is 19.0 Å². The smallest absolute Gasteiger partial charge is 0.0445 e. The van der Waals surface area contributed by atoms with Gasteiger partial charge in [0.1, 0.15) is 0 Å². The van der Waals surface area contributed by atoms with Crippen molar-refractivity contribution in [3.8, 4) is 0 Å². The molecule has 0 saturated carbocycles. The predicted molar refractivity (Wildman–Crippen MR) is 65.1 cm³/mol. The third-order valence-electron chi connectivity index (χ3n) is 2.29. The standard InChI is InChI=1S/C11H27NSi/c1-7-11(8-12-10(2)3)9-13(4,5)6/h10-12H,7-9H2,1-6H3. The molecule has 13 heavy (non-hydrogen) atoms. The summed E-state index contributed by atoms with van der Waals surface area (Å²) in [6, 6.07) is 2.10. The summed E-state index contributed by atoms with van der Waals surface area (Å²) in [5.74, 6) is 0.897. The van der Waals surface area contributed by atoms with Gasteiger partial charge in [0.05, 0.1) is 0 Å². The Hall–Kier alpha value is 0.177. The third kappa shape index (κ3) is 8.51. The molecule has 0 heterocycles. The average molecular weight is 201 g/mol. The summed E-state index contributed by atoms with van der Waals surface area (Å²) in [7, 11) is -0.853. The molecule has 0 amide bonds. The van der Waals surface area contributed by atoms with Gasteiger partial charge in [0, 0.05) is 14.1 Å². The summed E-state index contributed by atoms with van der Waals surface area (Å²) in [6.45, 7) is 15.4. The van der Waals surface area contributed by atoms with E-state index < -0.39 is 8.07 Å². The van der Waals surface area contributed by atoms with Crippen LogP contribution in [0.15, 0.2) is 0 Å². The summed E-state index contributed by atoms with van der Waals surface area (Å²) < 4.78 is 0. The highest BCUT2D eigenvalue weighted by Gasteiger charge is 2.18. The normalized spacial score (nSPS) is 15.0. The van der Waals surface area contributed by atoms with E-state index >= 15 is 0 Å². The second kappa shape index (κ2) is 5.81. The van der Waals surface area contributed by atoms with Gasteiger partial charge < -0.3 is 5.32 Å². The van der Waals surface area contributed by atoms with E-state index in [2.05, 4.69) is 45.7 Å². The maximum Gasteiger partial charge on any atom is 0.0445 e. The lowest BCUT2D eigenvalue weighted by molar-refractivity contribution is 0.464. The monoisotopic (exact) mass is 201 g/mol. The van der Waals surface area contributed by atoms with Crippen LogP contribution in [0.1, 0.15) is 27.2 Å². The minimum absolute atomic E-state index is 0.635. The minimum Gasteiger partial charge on any atom is -0.314 e. The molecule has 0 aliphatic rings. The Labute approximate surface area is 85.3 Å². The van der Waals surface area contributed by atoms with E-state index in [0.29, 0.717) is 6.04 Å². The van der Waals surface area contributed by atoms with E-state index in [1.807, 2.05) is 0 Å². The molecule has 0 aliphatic carbocycles. The highest BCUT2D eigenvalue weighted by molar-refractivity contribution is 6.76. The van der Waals surface area contributed by atoms with Crippen molar-refractivity contribution < 1.29 is 0 Å². The fourth-order valence-electron chi connectivity index (χ4n) is 1.63. The maximum absolute atomic E-state index is 3.54. The number of nitrogens with one attached hydrogen (secondary N) is 1. The lowest BCUT2D eigenvalue weighted by atomic mass is 10.1. The molecule has 1 N–H and O–H groups in total. The van der Waals surface area contributed by atoms with Gasteiger partial charge in [0.15, 0.2) is 0 Å². The van der Waals surface area contributed by atoms with Crippen LogP contribution >= 0.6 is 0 Å². The van der Waals surface area contributed by atoms with E-state index in [1.54, 1.807) is 0 Å². The van der Waals surface area contributed by atoms with Crippen LogP contribution in [0, 0.1) is 5.92 Å². The maximum atomic E-state index is 3.54. The zero-order chi connectivity index (χ0) is 10.5. The van der Waals surface area contributed by atoms with Gasteiger partial charge in [0.2, 0.25) is 0 Å². The molecule has 0 aromatic heterocycles. The molecule has 0 radical (unpaired) electrons. The lowest BCUT2D eigenvalue weighted by Gasteiger charge is -2.24. The molecule has 1 nitrogen and oxygen atoms in total. The van der Waals surface area contributed by atoms with E-state index in [9.17, 15) is 0 Å². The van der Waals surface area contributed by atoms with Crippen LogP contribution in [0.5, 0.6) is 0 Å². The van der Waals surface area contributed by atoms with Crippen molar-refractivity contribution in [2.75, 3.05) is 6.54 Å². The Morgan fingerprint density at radius 3 is 2.00 bits per heavy atom. The van der Waals surface area contributed by atoms with Crippen molar-refractivity contribution in [1.29, 1.82) is 0 Å². The summed E-state index contributed by atoms with van der Waals surface area (Å²) in [5, 5.41) is 3.54. The molecular weight excluding hydrogens is 174 g/mol. The summed E-state index contributed by atoms with van der Waals surface area (Å²) >= 11 is 0. The van der Waals surface area contributed by atoms with Gasteiger partial charge in [-0.2, -0.15) is 0 Å². The largest absolute Gasteiger partial charge is 0.314 e. The van der Waals surface area contributed by atoms with Crippen molar-refractivity contribution in [1.82, 2.24) is 5.32 Å². The van der Waals surface area contributed by atoms with Gasteiger partial charge in [-0.15, -0.1) is 0 Å². The van der Waals surface area contributed by atoms with Crippen molar-refractivity contribution in [2.45, 2.75) is 58.9 Å². The van der Waals surface area contributed by atoms with Gasteiger partial charge in [-0.3, -0.25) is 0 Å². The quantitative estimate of drug-likeness (QED) is 0.650. The van der Waals surface area contributed by atoms with Gasteiger partial charge in [-0.1, -0.05) is 52.9 Å². The molecule has 0 bridgehead atoms. The number of hydrogen-bond acceptors (Lipinski definition) is 1. The van der Waals surface area contributed by atoms with Gasteiger partial charge >= 0.3 is 0 Å². The molecule has 1 atom stereocenters. The third-order valence-corrected chi connectivity index (χ3v) is 4.10. The molecule has 1 unspecified atom stereocenters. The second-order valence-corrected chi connectivity index (χ2v) is 11.1. The summed E-state index contributed by atoms with van der Waals surface area (Å²) in [6.07, 6.45) is 1.32. The first-order valence-corrected chi connectivity index (χ1v) is 9.29. The van der Waals surface area contributed by atoms with Gasteiger partial charge in [-0.05, 0) is 12.5 Å². The highest BCUT2D eigenvalue weighted by atomic mass is 28.3. The first kappa shape index (κ1) is 13.2. The molecule has 0 aromatic carbocycles. The zero-order valence-corrected chi connectivity index (χ0v) is 11.3. The summed E-state index contributed by atoms with van der Waals surface area (Å²) in [4.78, 5) is 0. The van der Waals surface area contributed by atoms with Crippen molar-refractivity contribution in [3.63, 3.8) is 0 Å². The van der Waals surface area contributed by atoms with Crippen LogP contribution in [-0.4, -0.2) is 20.7 Å². The van der Waals surface area contributed by atoms with E-state index in [0.717, 1.165) is 5.92 Å². The van der Waals surface area contributed by atoms with Crippen molar-refractivity contribution in [2.24, 2.45) is 5.92 Å². The summed E-state index contributed by atoms with van der Waals surface area (Å²) in [5.41, 5.74) is 0. The Morgan fingerprint density at radius 2 is 1.69 bits per heavy atom. The molecule has 80 valence electrons. The molecule has 0 fully saturated rings. The molecule has 2 heteroatoms. The number of rotatable bonds is 6. The van der Waals surface area contributed by atoms with Crippen molar-refractivity contribution in [3.05, 3.63) is 0 Å². The first-order valence-electron chi connectivity index (χ1n) is 5.58. The highest BCUT2D eigenvalue weighted by Crippen LogP contribution is 2.18. The van der Waals surface area contributed by atoms with E-state index in [-0.39, 0.29) is 0 Å². The van der Waals surface area contributed by atoms with Crippen LogP contribution in [0.2, 0.25) is 25.7 Å². The van der Waals surface area contributed by atoms with Crippen LogP contribution in [-0.2, 0) is 0 Å². The van der Waals surface area contributed by atoms with Crippen LogP contribution in [0.25, 0.3) is 0 Å². The molecule has 0 rings (SSSR count). The van der Waals surface area contributed by atoms with Gasteiger partial charge in [0.25, 0.3) is 0 Å². The Morgan fingerprint density at radius 1 is 1.15 bits per heavy atom. The Kier molecular flexibility index (Phi) is 5.89. The Bertz CT molecular complexity index is 127. The fraction of sp³-hybridized carbons (Fsp3) is 1.00. The molecule has 0 aliphatic heterocycles. The molecular formula is C11H27NSi. The SMILES string of the molecule is CCC(CNC(C)C)C[Si](C)(C)C. The van der Waals surface area contributed by atoms with Crippen LogP contribution in [0.4, 0.5) is 0 Å². The van der Waals surface area contributed by atoms with Gasteiger partial charge in [-0.25, -0.2) is 0 Å². The molecule has 0 spiro atoms. The fourth-order valence-corrected chi connectivity index (χ4v) is 3.79. The number of hydrogen-bond donors (Lipinski definition) is 1. The minimum atomic E-state index is -0.853. The lowest BCUT2D eigenvalue weighted by Crippen LogP contribution is -2.33. The average Bonchev–Trinajstić information content (AvgIpc) is 1.95. The van der Waals surface area contributed by atoms with E-state index in [4.69, 9.17) is 0 Å². The first-order chi connectivity index (χ1) is 5.85. The Balaban J connectivity index is 3.76. The van der Waals surface area contributed by atoms with Crippen LogP contribution < -0.4 is 5.32 Å². The topological polar surface area (TPSA) is 12.0 Å². The molecule has 0 saturated heterocycles. The zero-order valence-electron chi connectivity index (χ0n) is 10.3. The predicted octanol–water partition coefficient (Wildman–Crippen LogP) is 3.35.